The van der Waals surface area contributed by atoms with Crippen LogP contribution in [-0.2, 0) is 10.3 Å². The molecule has 3 rings (SSSR count). The summed E-state index contributed by atoms with van der Waals surface area (Å²) in [5.74, 6) is 0.160. The quantitative estimate of drug-likeness (QED) is 0.843. The average molecular weight is 277 g/mol. The van der Waals surface area contributed by atoms with Gasteiger partial charge in [0.1, 0.15) is 5.82 Å². The zero-order valence-electron chi connectivity index (χ0n) is 11.2. The predicted octanol–water partition coefficient (Wildman–Crippen LogP) is 1.59. The topological polar surface area (TPSA) is 78.9 Å². The average Bonchev–Trinajstić information content (AvgIpc) is 2.89. The van der Waals surface area contributed by atoms with E-state index in [0.29, 0.717) is 23.7 Å². The van der Waals surface area contributed by atoms with Crippen LogP contribution in [0.1, 0.15) is 19.8 Å². The SMILES string of the molecule is CC1(n2nnnc2-c2ccc(F)cc2N)CCCOC1. The number of tetrazole rings is 1. The molecular weight excluding hydrogens is 261 g/mol. The highest BCUT2D eigenvalue weighted by Gasteiger charge is 2.34. The van der Waals surface area contributed by atoms with Crippen LogP contribution in [0, 0.1) is 5.82 Å². The zero-order valence-corrected chi connectivity index (χ0v) is 11.2. The number of hydrogen-bond acceptors (Lipinski definition) is 5. The van der Waals surface area contributed by atoms with Gasteiger partial charge in [-0.3, -0.25) is 0 Å². The Morgan fingerprint density at radius 2 is 2.30 bits per heavy atom. The van der Waals surface area contributed by atoms with E-state index >= 15 is 0 Å². The van der Waals surface area contributed by atoms with Crippen molar-refractivity contribution in [1.82, 2.24) is 20.2 Å². The molecule has 20 heavy (non-hydrogen) atoms. The van der Waals surface area contributed by atoms with Crippen LogP contribution < -0.4 is 5.73 Å². The van der Waals surface area contributed by atoms with E-state index < -0.39 is 0 Å². The summed E-state index contributed by atoms with van der Waals surface area (Å²) in [6, 6.07) is 4.22. The van der Waals surface area contributed by atoms with Crippen LogP contribution in [0.5, 0.6) is 0 Å². The monoisotopic (exact) mass is 277 g/mol. The van der Waals surface area contributed by atoms with Gasteiger partial charge in [0.05, 0.1) is 12.1 Å². The highest BCUT2D eigenvalue weighted by Crippen LogP contribution is 2.32. The van der Waals surface area contributed by atoms with Crippen LogP contribution in [0.15, 0.2) is 18.2 Å². The second-order valence-electron chi connectivity index (χ2n) is 5.30. The third kappa shape index (κ3) is 2.14. The first-order valence-corrected chi connectivity index (χ1v) is 6.52. The number of nitrogens with two attached hydrogens (primary N) is 1. The Bertz CT molecular complexity index is 621. The lowest BCUT2D eigenvalue weighted by atomic mass is 9.94. The normalized spacial score (nSPS) is 22.9. The summed E-state index contributed by atoms with van der Waals surface area (Å²) in [6.45, 7) is 3.35. The Labute approximate surface area is 115 Å². The molecule has 6 nitrogen and oxygen atoms in total. The van der Waals surface area contributed by atoms with E-state index in [-0.39, 0.29) is 11.4 Å². The third-order valence-corrected chi connectivity index (χ3v) is 3.65. The van der Waals surface area contributed by atoms with E-state index in [1.165, 1.54) is 12.1 Å². The molecule has 0 amide bonds. The van der Waals surface area contributed by atoms with Gasteiger partial charge in [0.15, 0.2) is 5.82 Å². The molecule has 1 aromatic heterocycles. The highest BCUT2D eigenvalue weighted by atomic mass is 19.1. The molecule has 1 saturated heterocycles. The fourth-order valence-electron chi connectivity index (χ4n) is 2.54. The second kappa shape index (κ2) is 4.82. The maximum absolute atomic E-state index is 13.2. The lowest BCUT2D eigenvalue weighted by Crippen LogP contribution is -2.40. The standard InChI is InChI=1S/C13H16FN5O/c1-13(5-2-6-20-8-13)19-12(16-17-18-19)10-4-3-9(14)7-11(10)15/h3-4,7H,2,5-6,8,15H2,1H3. The van der Waals surface area contributed by atoms with Gasteiger partial charge in [-0.1, -0.05) is 0 Å². The van der Waals surface area contributed by atoms with E-state index in [0.717, 1.165) is 19.4 Å². The van der Waals surface area contributed by atoms with Gasteiger partial charge in [-0.2, -0.15) is 0 Å². The molecule has 1 unspecified atom stereocenters. The van der Waals surface area contributed by atoms with Crippen molar-refractivity contribution in [3.8, 4) is 11.4 Å². The Morgan fingerprint density at radius 3 is 3.00 bits per heavy atom. The summed E-state index contributed by atoms with van der Waals surface area (Å²) in [6.07, 6.45) is 1.88. The zero-order chi connectivity index (χ0) is 14.2. The van der Waals surface area contributed by atoms with Crippen molar-refractivity contribution in [2.45, 2.75) is 25.3 Å². The summed E-state index contributed by atoms with van der Waals surface area (Å²) < 4.78 is 20.4. The summed E-state index contributed by atoms with van der Waals surface area (Å²) in [5, 5.41) is 11.9. The smallest absolute Gasteiger partial charge is 0.184 e. The highest BCUT2D eigenvalue weighted by molar-refractivity contribution is 5.71. The number of aromatic nitrogens is 4. The second-order valence-corrected chi connectivity index (χ2v) is 5.30. The molecule has 2 heterocycles. The lowest BCUT2D eigenvalue weighted by Gasteiger charge is -2.33. The minimum Gasteiger partial charge on any atom is -0.398 e. The van der Waals surface area contributed by atoms with Crippen LogP contribution >= 0.6 is 0 Å². The van der Waals surface area contributed by atoms with Crippen molar-refractivity contribution in [3.05, 3.63) is 24.0 Å². The fourth-order valence-corrected chi connectivity index (χ4v) is 2.54. The van der Waals surface area contributed by atoms with Gasteiger partial charge in [0.2, 0.25) is 0 Å². The number of benzene rings is 1. The van der Waals surface area contributed by atoms with Gasteiger partial charge < -0.3 is 10.5 Å². The predicted molar refractivity (Wildman–Crippen MR) is 71.3 cm³/mol. The van der Waals surface area contributed by atoms with E-state index in [2.05, 4.69) is 15.5 Å². The Hall–Kier alpha value is -2.02. The van der Waals surface area contributed by atoms with E-state index in [1.807, 2.05) is 6.92 Å². The number of halogens is 1. The van der Waals surface area contributed by atoms with Crippen molar-refractivity contribution in [2.24, 2.45) is 0 Å². The van der Waals surface area contributed by atoms with Gasteiger partial charge in [-0.15, -0.1) is 5.10 Å². The van der Waals surface area contributed by atoms with Gasteiger partial charge in [-0.05, 0) is 48.4 Å². The fraction of sp³-hybridized carbons (Fsp3) is 0.462. The minimum absolute atomic E-state index is 0.308. The summed E-state index contributed by atoms with van der Waals surface area (Å²) >= 11 is 0. The van der Waals surface area contributed by atoms with E-state index in [1.54, 1.807) is 10.7 Å². The van der Waals surface area contributed by atoms with Gasteiger partial charge in [-0.25, -0.2) is 9.07 Å². The van der Waals surface area contributed by atoms with Crippen LogP contribution in [0.2, 0.25) is 0 Å². The number of ether oxygens (including phenoxy) is 1. The van der Waals surface area contributed by atoms with Crippen molar-refractivity contribution in [3.63, 3.8) is 0 Å². The van der Waals surface area contributed by atoms with Crippen molar-refractivity contribution < 1.29 is 9.13 Å². The van der Waals surface area contributed by atoms with Crippen molar-refractivity contribution >= 4 is 5.69 Å². The van der Waals surface area contributed by atoms with Gasteiger partial charge >= 0.3 is 0 Å². The van der Waals surface area contributed by atoms with Crippen LogP contribution in [0.25, 0.3) is 11.4 Å². The molecule has 0 spiro atoms. The molecule has 0 radical (unpaired) electrons. The molecule has 0 bridgehead atoms. The van der Waals surface area contributed by atoms with Crippen LogP contribution in [0.3, 0.4) is 0 Å². The first kappa shape index (κ1) is 13.0. The molecule has 1 aromatic carbocycles. The van der Waals surface area contributed by atoms with Crippen LogP contribution in [0.4, 0.5) is 10.1 Å². The number of hydrogen-bond donors (Lipinski definition) is 1. The first-order valence-electron chi connectivity index (χ1n) is 6.52. The molecule has 1 aliphatic heterocycles. The minimum atomic E-state index is -0.377. The first-order chi connectivity index (χ1) is 9.60. The molecule has 1 atom stereocenters. The molecule has 2 N–H and O–H groups in total. The maximum Gasteiger partial charge on any atom is 0.184 e. The molecule has 1 fully saturated rings. The molecule has 1 aliphatic rings. The van der Waals surface area contributed by atoms with Crippen molar-refractivity contribution in [1.29, 1.82) is 0 Å². The molecule has 0 aliphatic carbocycles. The Kier molecular flexibility index (Phi) is 3.13. The summed E-state index contributed by atoms with van der Waals surface area (Å²) in [4.78, 5) is 0. The van der Waals surface area contributed by atoms with Crippen LogP contribution in [-0.4, -0.2) is 33.4 Å². The number of rotatable bonds is 2. The van der Waals surface area contributed by atoms with E-state index in [9.17, 15) is 4.39 Å². The third-order valence-electron chi connectivity index (χ3n) is 3.65. The van der Waals surface area contributed by atoms with Crippen molar-refractivity contribution in [2.75, 3.05) is 18.9 Å². The van der Waals surface area contributed by atoms with E-state index in [4.69, 9.17) is 10.5 Å². The Morgan fingerprint density at radius 1 is 1.45 bits per heavy atom. The lowest BCUT2D eigenvalue weighted by molar-refractivity contribution is 0.00348. The van der Waals surface area contributed by atoms with Gasteiger partial charge in [0.25, 0.3) is 0 Å². The van der Waals surface area contributed by atoms with Gasteiger partial charge in [0, 0.05) is 17.9 Å². The maximum atomic E-state index is 13.2. The molecule has 7 heteroatoms. The Balaban J connectivity index is 2.05. The summed E-state index contributed by atoms with van der Waals surface area (Å²) in [5.41, 5.74) is 6.52. The molecular formula is C13H16FN5O. The summed E-state index contributed by atoms with van der Waals surface area (Å²) in [7, 11) is 0. The molecule has 2 aromatic rings. The molecule has 0 saturated carbocycles. The number of anilines is 1. The largest absolute Gasteiger partial charge is 0.398 e. The number of nitrogens with zero attached hydrogens (tertiary/aromatic N) is 4. The number of nitrogen functional groups attached to an aromatic ring is 1. The molecule has 106 valence electrons.